The number of rotatable bonds is 8. The number of hydrogen-bond acceptors (Lipinski definition) is 0. The fraction of sp³-hybridized carbons (Fsp3) is 0.759. The second kappa shape index (κ2) is 10.0. The molecule has 4 unspecified atom stereocenters. The van der Waals surface area contributed by atoms with Gasteiger partial charge in [-0.15, -0.1) is 13.2 Å². The second-order valence-corrected chi connectivity index (χ2v) is 11.2. The van der Waals surface area contributed by atoms with Crippen molar-refractivity contribution in [2.75, 3.05) is 0 Å². The summed E-state index contributed by atoms with van der Waals surface area (Å²) in [6.07, 6.45) is 19.1. The molecule has 165 valence electrons. The van der Waals surface area contributed by atoms with Gasteiger partial charge >= 0.3 is 0 Å². The Morgan fingerprint density at radius 1 is 1.14 bits per heavy atom. The molecular weight excluding hydrogens is 348 g/mol. The lowest BCUT2D eigenvalue weighted by atomic mass is 9.61. The maximum Gasteiger partial charge on any atom is -0.00540 e. The minimum absolute atomic E-state index is 0.357. The highest BCUT2D eigenvalue weighted by atomic mass is 14.6. The third-order valence-corrected chi connectivity index (χ3v) is 8.52. The Labute approximate surface area is 183 Å². The molecule has 3 aliphatic rings. The van der Waals surface area contributed by atoms with E-state index in [1.54, 1.807) is 11.1 Å². The molecule has 0 aliphatic heterocycles. The molecule has 5 atom stereocenters. The fourth-order valence-electron chi connectivity index (χ4n) is 6.26. The van der Waals surface area contributed by atoms with Crippen molar-refractivity contribution in [2.24, 2.45) is 40.4 Å². The molecule has 0 N–H and O–H groups in total. The quantitative estimate of drug-likeness (QED) is 0.358. The first-order valence-electron chi connectivity index (χ1n) is 12.5. The van der Waals surface area contributed by atoms with Crippen molar-refractivity contribution in [1.29, 1.82) is 0 Å². The summed E-state index contributed by atoms with van der Waals surface area (Å²) >= 11 is 0. The van der Waals surface area contributed by atoms with Gasteiger partial charge in [0.15, 0.2) is 0 Å². The normalized spacial score (nSPS) is 33.7. The molecule has 0 saturated heterocycles. The largest absolute Gasteiger partial charge is 0.106 e. The molecule has 0 aromatic heterocycles. The van der Waals surface area contributed by atoms with Crippen LogP contribution in [0.5, 0.6) is 0 Å². The Kier molecular flexibility index (Phi) is 8.46. The van der Waals surface area contributed by atoms with Gasteiger partial charge in [-0.2, -0.15) is 0 Å². The van der Waals surface area contributed by atoms with Gasteiger partial charge in [-0.3, -0.25) is 0 Å². The zero-order valence-electron chi connectivity index (χ0n) is 20.7. The highest BCUT2D eigenvalue weighted by Gasteiger charge is 2.57. The van der Waals surface area contributed by atoms with E-state index in [0.29, 0.717) is 16.7 Å². The molecule has 0 heteroatoms. The molecule has 0 aromatic rings. The molecular formula is C29H49. The topological polar surface area (TPSA) is 0 Å². The number of hydrogen-bond donors (Lipinski definition) is 0. The molecule has 3 aliphatic carbocycles. The molecule has 0 bridgehead atoms. The first-order valence-corrected chi connectivity index (χ1v) is 12.5. The Morgan fingerprint density at radius 2 is 1.83 bits per heavy atom. The molecule has 0 heterocycles. The van der Waals surface area contributed by atoms with Crippen molar-refractivity contribution < 1.29 is 0 Å². The van der Waals surface area contributed by atoms with E-state index in [4.69, 9.17) is 0 Å². The van der Waals surface area contributed by atoms with Crippen LogP contribution in [0.25, 0.3) is 0 Å². The lowest BCUT2D eigenvalue weighted by Crippen LogP contribution is -2.32. The van der Waals surface area contributed by atoms with Crippen LogP contribution in [0, 0.1) is 46.8 Å². The van der Waals surface area contributed by atoms with Crippen LogP contribution in [0.4, 0.5) is 0 Å². The molecule has 0 aromatic carbocycles. The van der Waals surface area contributed by atoms with Crippen LogP contribution < -0.4 is 0 Å². The molecule has 0 nitrogen and oxygen atoms in total. The highest BCUT2D eigenvalue weighted by molar-refractivity contribution is 5.45. The minimum atomic E-state index is 0.357. The summed E-state index contributed by atoms with van der Waals surface area (Å²) in [6, 6.07) is 0. The van der Waals surface area contributed by atoms with Gasteiger partial charge in [0.25, 0.3) is 0 Å². The van der Waals surface area contributed by atoms with Gasteiger partial charge in [0.1, 0.15) is 0 Å². The van der Waals surface area contributed by atoms with Crippen molar-refractivity contribution in [3.05, 3.63) is 42.9 Å². The highest BCUT2D eigenvalue weighted by Crippen LogP contribution is 2.66. The monoisotopic (exact) mass is 397 g/mol. The van der Waals surface area contributed by atoms with Gasteiger partial charge in [-0.05, 0) is 84.5 Å². The zero-order chi connectivity index (χ0) is 21.8. The van der Waals surface area contributed by atoms with Crippen molar-refractivity contribution in [3.63, 3.8) is 0 Å². The standard InChI is InChI=1S/C27H45.C2H4/c1-8-15-27(18-22(27)11-10-20(5)9-2)21-12-13-25-24(17-21)23(19(3)4)14-16-26(25,6)7;1-2/h12-13,17,19-23H,8-11,14-16,18H2,1-7H3;1-2H2/t20?,21?,22?,23-,27?;/m0./s1. The van der Waals surface area contributed by atoms with E-state index < -0.39 is 0 Å². The van der Waals surface area contributed by atoms with Gasteiger partial charge in [0.2, 0.25) is 0 Å². The SMILES string of the molecule is C=C.CCCC1(C2[CH]C3=C(C=C2)C(C)(C)CC[C@H]3C(C)C)CC1CCC(C)CC. The summed E-state index contributed by atoms with van der Waals surface area (Å²) < 4.78 is 0. The second-order valence-electron chi connectivity index (χ2n) is 11.2. The van der Waals surface area contributed by atoms with E-state index in [1.807, 2.05) is 0 Å². The third kappa shape index (κ3) is 5.11. The van der Waals surface area contributed by atoms with E-state index >= 15 is 0 Å². The van der Waals surface area contributed by atoms with Gasteiger partial charge in [0, 0.05) is 0 Å². The van der Waals surface area contributed by atoms with Gasteiger partial charge in [0.05, 0.1) is 0 Å². The smallest absolute Gasteiger partial charge is 0.00540 e. The van der Waals surface area contributed by atoms with Gasteiger partial charge < -0.3 is 0 Å². The minimum Gasteiger partial charge on any atom is -0.106 e. The zero-order valence-corrected chi connectivity index (χ0v) is 20.7. The molecule has 1 radical (unpaired) electrons. The molecule has 1 fully saturated rings. The van der Waals surface area contributed by atoms with Crippen LogP contribution in [-0.4, -0.2) is 0 Å². The van der Waals surface area contributed by atoms with Gasteiger partial charge in [-0.1, -0.05) is 85.5 Å². The van der Waals surface area contributed by atoms with E-state index in [0.717, 1.165) is 23.7 Å². The maximum absolute atomic E-state index is 3.00. The van der Waals surface area contributed by atoms with E-state index in [-0.39, 0.29) is 0 Å². The van der Waals surface area contributed by atoms with Crippen molar-refractivity contribution >= 4 is 0 Å². The van der Waals surface area contributed by atoms with Crippen LogP contribution in [0.15, 0.2) is 36.5 Å². The van der Waals surface area contributed by atoms with E-state index in [2.05, 4.69) is 80.2 Å². The fourth-order valence-corrected chi connectivity index (χ4v) is 6.26. The third-order valence-electron chi connectivity index (χ3n) is 8.52. The lowest BCUT2D eigenvalue weighted by molar-refractivity contribution is 0.268. The summed E-state index contributed by atoms with van der Waals surface area (Å²) in [6.45, 7) is 23.0. The van der Waals surface area contributed by atoms with Crippen LogP contribution in [0.2, 0.25) is 0 Å². The van der Waals surface area contributed by atoms with Crippen LogP contribution in [-0.2, 0) is 0 Å². The Hall–Kier alpha value is -0.780. The molecule has 3 rings (SSSR count). The van der Waals surface area contributed by atoms with Crippen LogP contribution >= 0.6 is 0 Å². The molecule has 0 spiro atoms. The lowest BCUT2D eigenvalue weighted by Gasteiger charge is -2.44. The number of allylic oxidation sites excluding steroid dienone is 4. The van der Waals surface area contributed by atoms with E-state index in [1.165, 1.54) is 51.4 Å². The Balaban J connectivity index is 0.00000145. The van der Waals surface area contributed by atoms with Gasteiger partial charge in [-0.25, -0.2) is 0 Å². The summed E-state index contributed by atoms with van der Waals surface area (Å²) in [5, 5.41) is 0. The first-order chi connectivity index (χ1) is 13.7. The summed E-state index contributed by atoms with van der Waals surface area (Å²) in [5.41, 5.74) is 4.33. The predicted molar refractivity (Wildman–Crippen MR) is 131 cm³/mol. The Morgan fingerprint density at radius 3 is 2.41 bits per heavy atom. The van der Waals surface area contributed by atoms with Crippen LogP contribution in [0.1, 0.15) is 99.8 Å². The molecule has 0 amide bonds. The molecule has 1 saturated carbocycles. The van der Waals surface area contributed by atoms with Crippen molar-refractivity contribution in [2.45, 2.75) is 99.8 Å². The summed E-state index contributed by atoms with van der Waals surface area (Å²) in [7, 11) is 0. The Bertz CT molecular complexity index is 589. The summed E-state index contributed by atoms with van der Waals surface area (Å²) in [5.74, 6) is 4.09. The summed E-state index contributed by atoms with van der Waals surface area (Å²) in [4.78, 5) is 0. The average molecular weight is 398 g/mol. The van der Waals surface area contributed by atoms with Crippen molar-refractivity contribution in [1.82, 2.24) is 0 Å². The van der Waals surface area contributed by atoms with Crippen molar-refractivity contribution in [3.8, 4) is 0 Å². The molecule has 29 heavy (non-hydrogen) atoms. The first kappa shape index (κ1) is 24.5. The predicted octanol–water partition coefficient (Wildman–Crippen LogP) is 9.20. The van der Waals surface area contributed by atoms with Crippen LogP contribution in [0.3, 0.4) is 0 Å². The maximum atomic E-state index is 3.00. The average Bonchev–Trinajstić information content (AvgIpc) is 3.41. The van der Waals surface area contributed by atoms with E-state index in [9.17, 15) is 0 Å².